The van der Waals surface area contributed by atoms with Crippen LogP contribution in [0.3, 0.4) is 0 Å². The van der Waals surface area contributed by atoms with E-state index in [0.29, 0.717) is 32.2 Å². The molecule has 15 heavy (non-hydrogen) atoms. The Kier molecular flexibility index (Phi) is 3.82. The van der Waals surface area contributed by atoms with Gasteiger partial charge in [-0.3, -0.25) is 19.3 Å². The van der Waals surface area contributed by atoms with Crippen molar-refractivity contribution < 1.29 is 19.5 Å². The molecule has 5 heteroatoms. The molecule has 5 nitrogen and oxygen atoms in total. The Bertz CT molecular complexity index is 271. The van der Waals surface area contributed by atoms with Crippen LogP contribution in [0.15, 0.2) is 0 Å². The van der Waals surface area contributed by atoms with E-state index in [1.165, 1.54) is 4.90 Å². The van der Waals surface area contributed by atoms with Gasteiger partial charge in [0.1, 0.15) is 0 Å². The molecule has 1 heterocycles. The smallest absolute Gasteiger partial charge is 0.306 e. The Morgan fingerprint density at radius 2 is 1.93 bits per heavy atom. The molecule has 1 atom stereocenters. The summed E-state index contributed by atoms with van der Waals surface area (Å²) in [5.41, 5.74) is 0. The van der Waals surface area contributed by atoms with Gasteiger partial charge >= 0.3 is 5.97 Å². The van der Waals surface area contributed by atoms with Crippen molar-refractivity contribution in [1.29, 1.82) is 0 Å². The molecule has 84 valence electrons. The van der Waals surface area contributed by atoms with Crippen LogP contribution in [0.5, 0.6) is 0 Å². The summed E-state index contributed by atoms with van der Waals surface area (Å²) in [4.78, 5) is 34.1. The fourth-order valence-corrected chi connectivity index (χ4v) is 1.55. The van der Waals surface area contributed by atoms with E-state index in [2.05, 4.69) is 0 Å². The van der Waals surface area contributed by atoms with Gasteiger partial charge in [-0.2, -0.15) is 0 Å². The summed E-state index contributed by atoms with van der Waals surface area (Å²) < 4.78 is 0. The maximum Gasteiger partial charge on any atom is 0.306 e. The van der Waals surface area contributed by atoms with E-state index in [-0.39, 0.29) is 11.8 Å². The summed E-state index contributed by atoms with van der Waals surface area (Å²) in [6.45, 7) is 1.98. The van der Waals surface area contributed by atoms with Gasteiger partial charge in [0.25, 0.3) is 0 Å². The summed E-state index contributed by atoms with van der Waals surface area (Å²) in [6, 6.07) is 0. The summed E-state index contributed by atoms with van der Waals surface area (Å²) in [5.74, 6) is -1.53. The van der Waals surface area contributed by atoms with Crippen molar-refractivity contribution in [2.24, 2.45) is 5.92 Å². The van der Waals surface area contributed by atoms with Crippen LogP contribution in [-0.2, 0) is 14.4 Å². The Balaban J connectivity index is 2.28. The first-order valence-corrected chi connectivity index (χ1v) is 5.08. The number of amides is 2. The number of hydrogen-bond donors (Lipinski definition) is 1. The lowest BCUT2D eigenvalue weighted by molar-refractivity contribution is -0.141. The molecule has 0 aromatic rings. The second kappa shape index (κ2) is 4.91. The first-order chi connectivity index (χ1) is 7.02. The first-order valence-electron chi connectivity index (χ1n) is 5.08. The van der Waals surface area contributed by atoms with Crippen molar-refractivity contribution >= 4 is 17.8 Å². The largest absolute Gasteiger partial charge is 0.481 e. The lowest BCUT2D eigenvalue weighted by atomic mass is 10.1. The molecule has 1 fully saturated rings. The number of carboxylic acid groups (broad SMARTS) is 1. The molecule has 2 amide bonds. The van der Waals surface area contributed by atoms with Crippen molar-refractivity contribution in [3.8, 4) is 0 Å². The van der Waals surface area contributed by atoms with E-state index >= 15 is 0 Å². The van der Waals surface area contributed by atoms with Crippen LogP contribution in [0.2, 0.25) is 0 Å². The quantitative estimate of drug-likeness (QED) is 0.680. The van der Waals surface area contributed by atoms with Crippen LogP contribution in [0, 0.1) is 5.92 Å². The average molecular weight is 213 g/mol. The second-order valence-electron chi connectivity index (χ2n) is 3.82. The predicted octanol–water partition coefficient (Wildman–Crippen LogP) is 0.636. The Morgan fingerprint density at radius 3 is 2.40 bits per heavy atom. The molecule has 1 N–H and O–H groups in total. The van der Waals surface area contributed by atoms with Crippen molar-refractivity contribution in [3.63, 3.8) is 0 Å². The molecule has 1 unspecified atom stereocenters. The number of aliphatic carboxylic acids is 1. The van der Waals surface area contributed by atoms with Crippen molar-refractivity contribution in [2.75, 3.05) is 6.54 Å². The Labute approximate surface area is 88.1 Å². The maximum atomic E-state index is 11.2. The van der Waals surface area contributed by atoms with E-state index in [1.807, 2.05) is 0 Å². The minimum absolute atomic E-state index is 0.136. The van der Waals surface area contributed by atoms with Crippen molar-refractivity contribution in [3.05, 3.63) is 0 Å². The molecule has 1 saturated heterocycles. The maximum absolute atomic E-state index is 11.2. The molecule has 0 radical (unpaired) electrons. The van der Waals surface area contributed by atoms with Gasteiger partial charge in [-0.05, 0) is 12.8 Å². The summed E-state index contributed by atoms with van der Waals surface area (Å²) in [7, 11) is 0. The van der Waals surface area contributed by atoms with E-state index in [4.69, 9.17) is 5.11 Å². The van der Waals surface area contributed by atoms with Gasteiger partial charge < -0.3 is 5.11 Å². The number of nitrogens with zero attached hydrogens (tertiary/aromatic N) is 1. The summed E-state index contributed by atoms with van der Waals surface area (Å²) >= 11 is 0. The molecular formula is C10H15NO4. The molecule has 0 saturated carbocycles. The van der Waals surface area contributed by atoms with Crippen LogP contribution in [-0.4, -0.2) is 34.3 Å². The third-order valence-corrected chi connectivity index (χ3v) is 2.60. The number of carboxylic acids is 1. The van der Waals surface area contributed by atoms with Crippen LogP contribution < -0.4 is 0 Å². The number of carbonyl (C=O) groups is 3. The van der Waals surface area contributed by atoms with Crippen LogP contribution in [0.4, 0.5) is 0 Å². The minimum Gasteiger partial charge on any atom is -0.481 e. The molecule has 1 rings (SSSR count). The zero-order valence-corrected chi connectivity index (χ0v) is 8.73. The van der Waals surface area contributed by atoms with E-state index < -0.39 is 11.9 Å². The van der Waals surface area contributed by atoms with E-state index in [0.717, 1.165) is 0 Å². The van der Waals surface area contributed by atoms with E-state index in [9.17, 15) is 14.4 Å². The monoisotopic (exact) mass is 213 g/mol. The highest BCUT2D eigenvalue weighted by Crippen LogP contribution is 2.14. The SMILES string of the molecule is CC(CCCN1C(=O)CCC1=O)C(=O)O. The predicted molar refractivity (Wildman–Crippen MR) is 52.0 cm³/mol. The molecule has 1 aliphatic heterocycles. The fraction of sp³-hybridized carbons (Fsp3) is 0.700. The second-order valence-corrected chi connectivity index (χ2v) is 3.82. The third-order valence-electron chi connectivity index (χ3n) is 2.60. The molecule has 0 bridgehead atoms. The van der Waals surface area contributed by atoms with Crippen molar-refractivity contribution in [2.45, 2.75) is 32.6 Å². The number of imide groups is 1. The topological polar surface area (TPSA) is 74.7 Å². The number of rotatable bonds is 5. The molecular weight excluding hydrogens is 198 g/mol. The highest BCUT2D eigenvalue weighted by Gasteiger charge is 2.28. The number of carbonyl (C=O) groups excluding carboxylic acids is 2. The third kappa shape index (κ3) is 3.04. The number of likely N-dealkylation sites (tertiary alicyclic amines) is 1. The van der Waals surface area contributed by atoms with Gasteiger partial charge in [0.2, 0.25) is 11.8 Å². The fourth-order valence-electron chi connectivity index (χ4n) is 1.55. The van der Waals surface area contributed by atoms with Gasteiger partial charge in [0.15, 0.2) is 0 Å². The molecule has 1 aliphatic rings. The summed E-state index contributed by atoms with van der Waals surface area (Å²) in [6.07, 6.45) is 1.65. The highest BCUT2D eigenvalue weighted by molar-refractivity contribution is 6.01. The normalized spacial score (nSPS) is 18.3. The van der Waals surface area contributed by atoms with E-state index in [1.54, 1.807) is 6.92 Å². The summed E-state index contributed by atoms with van der Waals surface area (Å²) in [5, 5.41) is 8.63. The Hall–Kier alpha value is -1.39. The zero-order valence-electron chi connectivity index (χ0n) is 8.73. The highest BCUT2D eigenvalue weighted by atomic mass is 16.4. The van der Waals surface area contributed by atoms with Crippen LogP contribution in [0.1, 0.15) is 32.6 Å². The molecule has 0 aliphatic carbocycles. The molecule has 0 aromatic heterocycles. The van der Waals surface area contributed by atoms with Gasteiger partial charge in [0.05, 0.1) is 5.92 Å². The number of hydrogen-bond acceptors (Lipinski definition) is 3. The first kappa shape index (κ1) is 11.7. The van der Waals surface area contributed by atoms with Gasteiger partial charge in [0, 0.05) is 19.4 Å². The zero-order chi connectivity index (χ0) is 11.4. The lowest BCUT2D eigenvalue weighted by Crippen LogP contribution is -2.30. The molecule has 0 aromatic carbocycles. The average Bonchev–Trinajstić information content (AvgIpc) is 2.48. The molecule has 0 spiro atoms. The minimum atomic E-state index is -0.839. The van der Waals surface area contributed by atoms with Crippen LogP contribution >= 0.6 is 0 Å². The van der Waals surface area contributed by atoms with Gasteiger partial charge in [-0.25, -0.2) is 0 Å². The Morgan fingerprint density at radius 1 is 1.40 bits per heavy atom. The lowest BCUT2D eigenvalue weighted by Gasteiger charge is -2.14. The van der Waals surface area contributed by atoms with Crippen LogP contribution in [0.25, 0.3) is 0 Å². The van der Waals surface area contributed by atoms with Gasteiger partial charge in [-0.1, -0.05) is 6.92 Å². The standard InChI is InChI=1S/C10H15NO4/c1-7(10(14)15)3-2-6-11-8(12)4-5-9(11)13/h7H,2-6H2,1H3,(H,14,15). The van der Waals surface area contributed by atoms with Crippen molar-refractivity contribution in [1.82, 2.24) is 4.90 Å². The van der Waals surface area contributed by atoms with Gasteiger partial charge in [-0.15, -0.1) is 0 Å².